The molecule has 0 radical (unpaired) electrons. The van der Waals surface area contributed by atoms with Gasteiger partial charge >= 0.3 is 0 Å². The van der Waals surface area contributed by atoms with Gasteiger partial charge in [0.1, 0.15) is 5.54 Å². The number of hydrogen-bond donors (Lipinski definition) is 1. The van der Waals surface area contributed by atoms with Crippen molar-refractivity contribution < 1.29 is 9.32 Å². The Labute approximate surface area is 119 Å². The molecule has 1 aliphatic rings. The standard InChI is InChI=1S/C14H24N4O2/c1-10(19)18-8-7-14(15,9-18)12-16-11(17-20-12)5-6-13(2,3)4/h5-9,15H2,1-4H3. The molecular weight excluding hydrogens is 256 g/mol. The first-order valence-corrected chi connectivity index (χ1v) is 7.07. The van der Waals surface area contributed by atoms with Crippen LogP contribution in [-0.4, -0.2) is 34.0 Å². The Morgan fingerprint density at radius 2 is 2.20 bits per heavy atom. The summed E-state index contributed by atoms with van der Waals surface area (Å²) in [5.41, 5.74) is 5.85. The Morgan fingerprint density at radius 1 is 1.50 bits per heavy atom. The minimum atomic E-state index is -0.696. The Morgan fingerprint density at radius 3 is 2.75 bits per heavy atom. The van der Waals surface area contributed by atoms with Crippen LogP contribution in [0.1, 0.15) is 52.3 Å². The van der Waals surface area contributed by atoms with Crippen LogP contribution in [0, 0.1) is 5.41 Å². The molecule has 2 N–H and O–H groups in total. The van der Waals surface area contributed by atoms with Gasteiger partial charge < -0.3 is 15.2 Å². The zero-order valence-electron chi connectivity index (χ0n) is 12.8. The fourth-order valence-electron chi connectivity index (χ4n) is 2.32. The minimum Gasteiger partial charge on any atom is -0.340 e. The number of rotatable bonds is 3. The van der Waals surface area contributed by atoms with Gasteiger partial charge in [-0.15, -0.1) is 0 Å². The van der Waals surface area contributed by atoms with Gasteiger partial charge in [-0.2, -0.15) is 4.98 Å². The largest absolute Gasteiger partial charge is 0.340 e. The Kier molecular flexibility index (Phi) is 3.86. The van der Waals surface area contributed by atoms with Gasteiger partial charge in [-0.3, -0.25) is 4.79 Å². The number of carbonyl (C=O) groups excluding carboxylic acids is 1. The topological polar surface area (TPSA) is 85.2 Å². The molecule has 112 valence electrons. The monoisotopic (exact) mass is 280 g/mol. The zero-order valence-corrected chi connectivity index (χ0v) is 12.8. The first-order chi connectivity index (χ1) is 9.20. The summed E-state index contributed by atoms with van der Waals surface area (Å²) in [6.45, 7) is 9.18. The van der Waals surface area contributed by atoms with E-state index in [1.807, 2.05) is 0 Å². The van der Waals surface area contributed by atoms with Crippen molar-refractivity contribution in [1.29, 1.82) is 0 Å². The second-order valence-corrected chi connectivity index (χ2v) is 6.92. The summed E-state index contributed by atoms with van der Waals surface area (Å²) in [5, 5.41) is 4.01. The van der Waals surface area contributed by atoms with Crippen molar-refractivity contribution in [2.75, 3.05) is 13.1 Å². The Bertz CT molecular complexity index is 492. The molecule has 1 aromatic rings. The molecule has 6 heteroatoms. The minimum absolute atomic E-state index is 0.0322. The van der Waals surface area contributed by atoms with Crippen LogP contribution in [0.5, 0.6) is 0 Å². The third kappa shape index (κ3) is 3.36. The molecule has 1 aliphatic heterocycles. The average molecular weight is 280 g/mol. The highest BCUT2D eigenvalue weighted by Gasteiger charge is 2.41. The number of hydrogen-bond acceptors (Lipinski definition) is 5. The smallest absolute Gasteiger partial charge is 0.248 e. The predicted molar refractivity (Wildman–Crippen MR) is 74.8 cm³/mol. The molecular formula is C14H24N4O2. The molecule has 2 heterocycles. The van der Waals surface area contributed by atoms with Crippen molar-refractivity contribution in [3.63, 3.8) is 0 Å². The number of aromatic nitrogens is 2. The van der Waals surface area contributed by atoms with Crippen LogP contribution < -0.4 is 5.73 Å². The predicted octanol–water partition coefficient (Wildman–Crippen LogP) is 1.45. The molecule has 0 aromatic carbocycles. The van der Waals surface area contributed by atoms with E-state index < -0.39 is 5.54 Å². The number of likely N-dealkylation sites (tertiary alicyclic amines) is 1. The van der Waals surface area contributed by atoms with Crippen molar-refractivity contribution >= 4 is 5.91 Å². The highest BCUT2D eigenvalue weighted by molar-refractivity contribution is 5.73. The van der Waals surface area contributed by atoms with Crippen LogP contribution >= 0.6 is 0 Å². The van der Waals surface area contributed by atoms with Gasteiger partial charge in [0.25, 0.3) is 0 Å². The maximum Gasteiger partial charge on any atom is 0.248 e. The fourth-order valence-corrected chi connectivity index (χ4v) is 2.32. The molecule has 2 rings (SSSR count). The van der Waals surface area contributed by atoms with E-state index in [4.69, 9.17) is 10.3 Å². The van der Waals surface area contributed by atoms with Gasteiger partial charge in [-0.05, 0) is 18.3 Å². The van der Waals surface area contributed by atoms with Crippen LogP contribution in [0.25, 0.3) is 0 Å². The van der Waals surface area contributed by atoms with Crippen molar-refractivity contribution in [3.8, 4) is 0 Å². The molecule has 1 saturated heterocycles. The third-order valence-corrected chi connectivity index (χ3v) is 3.74. The molecule has 6 nitrogen and oxygen atoms in total. The highest BCUT2D eigenvalue weighted by atomic mass is 16.5. The molecule has 20 heavy (non-hydrogen) atoms. The van der Waals surface area contributed by atoms with Crippen LogP contribution in [0.3, 0.4) is 0 Å². The highest BCUT2D eigenvalue weighted by Crippen LogP contribution is 2.29. The SMILES string of the molecule is CC(=O)N1CCC(N)(c2nc(CCC(C)(C)C)no2)C1. The van der Waals surface area contributed by atoms with E-state index in [1.54, 1.807) is 11.8 Å². The van der Waals surface area contributed by atoms with Crippen LogP contribution in [-0.2, 0) is 16.8 Å². The third-order valence-electron chi connectivity index (χ3n) is 3.74. The summed E-state index contributed by atoms with van der Waals surface area (Å²) < 4.78 is 5.32. The summed E-state index contributed by atoms with van der Waals surface area (Å²) >= 11 is 0. The summed E-state index contributed by atoms with van der Waals surface area (Å²) in [4.78, 5) is 17.5. The lowest BCUT2D eigenvalue weighted by atomic mass is 9.90. The summed E-state index contributed by atoms with van der Waals surface area (Å²) in [5.74, 6) is 1.18. The molecule has 1 amide bonds. The molecule has 0 aliphatic carbocycles. The second-order valence-electron chi connectivity index (χ2n) is 6.92. The lowest BCUT2D eigenvalue weighted by Crippen LogP contribution is -2.41. The second kappa shape index (κ2) is 5.16. The molecule has 0 spiro atoms. The van der Waals surface area contributed by atoms with E-state index in [-0.39, 0.29) is 11.3 Å². The molecule has 1 fully saturated rings. The van der Waals surface area contributed by atoms with Crippen molar-refractivity contribution in [2.45, 2.75) is 52.5 Å². The Balaban J connectivity index is 2.03. The van der Waals surface area contributed by atoms with Crippen molar-refractivity contribution in [2.24, 2.45) is 11.1 Å². The quantitative estimate of drug-likeness (QED) is 0.905. The van der Waals surface area contributed by atoms with Gasteiger partial charge in [0.15, 0.2) is 5.82 Å². The lowest BCUT2D eigenvalue weighted by Gasteiger charge is -2.19. The lowest BCUT2D eigenvalue weighted by molar-refractivity contribution is -0.128. The van der Waals surface area contributed by atoms with Crippen LogP contribution in [0.4, 0.5) is 0 Å². The molecule has 1 unspecified atom stereocenters. The van der Waals surface area contributed by atoms with Gasteiger partial charge in [-0.1, -0.05) is 25.9 Å². The first kappa shape index (κ1) is 15.0. The van der Waals surface area contributed by atoms with E-state index in [0.29, 0.717) is 31.2 Å². The van der Waals surface area contributed by atoms with Crippen molar-refractivity contribution in [1.82, 2.24) is 15.0 Å². The van der Waals surface area contributed by atoms with Crippen LogP contribution in [0.2, 0.25) is 0 Å². The maximum absolute atomic E-state index is 11.4. The van der Waals surface area contributed by atoms with Gasteiger partial charge in [-0.25, -0.2) is 0 Å². The number of amides is 1. The number of carbonyl (C=O) groups is 1. The average Bonchev–Trinajstić information content (AvgIpc) is 2.92. The summed E-state index contributed by atoms with van der Waals surface area (Å²) in [6.07, 6.45) is 2.43. The Hall–Kier alpha value is -1.43. The molecule has 1 aromatic heterocycles. The van der Waals surface area contributed by atoms with Gasteiger partial charge in [0.2, 0.25) is 11.8 Å². The number of nitrogens with zero attached hydrogens (tertiary/aromatic N) is 3. The molecule has 1 atom stereocenters. The van der Waals surface area contributed by atoms with Gasteiger partial charge in [0.05, 0.1) is 0 Å². The fraction of sp³-hybridized carbons (Fsp3) is 0.786. The van der Waals surface area contributed by atoms with Crippen molar-refractivity contribution in [3.05, 3.63) is 11.7 Å². The zero-order chi connectivity index (χ0) is 15.0. The number of nitrogens with two attached hydrogens (primary N) is 1. The normalized spacial score (nSPS) is 23.4. The van der Waals surface area contributed by atoms with E-state index in [2.05, 4.69) is 30.9 Å². The maximum atomic E-state index is 11.4. The van der Waals surface area contributed by atoms with Crippen LogP contribution in [0.15, 0.2) is 4.52 Å². The summed E-state index contributed by atoms with van der Waals surface area (Å²) in [7, 11) is 0. The van der Waals surface area contributed by atoms with Gasteiger partial charge in [0, 0.05) is 26.4 Å². The first-order valence-electron chi connectivity index (χ1n) is 7.07. The van der Waals surface area contributed by atoms with E-state index in [9.17, 15) is 4.79 Å². The van der Waals surface area contributed by atoms with E-state index in [0.717, 1.165) is 12.8 Å². The number of aryl methyl sites for hydroxylation is 1. The molecule has 0 bridgehead atoms. The van der Waals surface area contributed by atoms with E-state index >= 15 is 0 Å². The summed E-state index contributed by atoms with van der Waals surface area (Å²) in [6, 6.07) is 0. The van der Waals surface area contributed by atoms with E-state index in [1.165, 1.54) is 0 Å². The molecule has 0 saturated carbocycles.